The minimum atomic E-state index is -0.220. The summed E-state index contributed by atoms with van der Waals surface area (Å²) in [5.74, 6) is -0.290. The van der Waals surface area contributed by atoms with Gasteiger partial charge in [-0.1, -0.05) is 0 Å². The Hall–Kier alpha value is -1.01. The largest absolute Gasteiger partial charge is 0.356 e. The van der Waals surface area contributed by atoms with E-state index in [1.807, 2.05) is 6.92 Å². The molecule has 0 radical (unpaired) electrons. The second-order valence-corrected chi connectivity index (χ2v) is 4.99. The van der Waals surface area contributed by atoms with Crippen LogP contribution in [0.3, 0.4) is 0 Å². The van der Waals surface area contributed by atoms with Gasteiger partial charge in [0.05, 0.1) is 5.56 Å². The van der Waals surface area contributed by atoms with E-state index in [2.05, 4.69) is 39.2 Å². The molecule has 1 rings (SSSR count). The van der Waals surface area contributed by atoms with Gasteiger partial charge in [-0.15, -0.1) is 12.6 Å². The van der Waals surface area contributed by atoms with E-state index in [0.29, 0.717) is 28.0 Å². The van der Waals surface area contributed by atoms with Gasteiger partial charge in [0.15, 0.2) is 0 Å². The molecule has 0 unspecified atom stereocenters. The van der Waals surface area contributed by atoms with Crippen LogP contribution in [0.4, 0.5) is 0 Å². The topological polar surface area (TPSA) is 58.2 Å². The molecule has 0 aromatic heterocycles. The Morgan fingerprint density at radius 3 is 2.72 bits per heavy atom. The van der Waals surface area contributed by atoms with Crippen LogP contribution in [0.15, 0.2) is 27.6 Å². The molecule has 2 amide bonds. The zero-order valence-electron chi connectivity index (χ0n) is 10.00. The number of hydrogen-bond donors (Lipinski definition) is 3. The van der Waals surface area contributed by atoms with E-state index < -0.39 is 0 Å². The van der Waals surface area contributed by atoms with Gasteiger partial charge in [0.25, 0.3) is 5.91 Å². The molecule has 0 spiro atoms. The Kier molecular flexibility index (Phi) is 6.21. The van der Waals surface area contributed by atoms with Gasteiger partial charge in [0.1, 0.15) is 0 Å². The maximum atomic E-state index is 11.9. The zero-order chi connectivity index (χ0) is 13.5. The summed E-state index contributed by atoms with van der Waals surface area (Å²) in [7, 11) is 0. The predicted molar refractivity (Wildman–Crippen MR) is 77.0 cm³/mol. The maximum Gasteiger partial charge on any atom is 0.252 e. The molecular formula is C12H15BrN2O2S. The van der Waals surface area contributed by atoms with Gasteiger partial charge in [0, 0.05) is 28.9 Å². The van der Waals surface area contributed by atoms with Gasteiger partial charge < -0.3 is 10.6 Å². The van der Waals surface area contributed by atoms with E-state index in [4.69, 9.17) is 0 Å². The Morgan fingerprint density at radius 1 is 1.33 bits per heavy atom. The van der Waals surface area contributed by atoms with Gasteiger partial charge in [-0.25, -0.2) is 0 Å². The molecule has 0 saturated heterocycles. The standard InChI is InChI=1S/C12H15BrN2O2S/c1-2-14-11(16)5-6-15-12(17)9-7-8(18)3-4-10(9)13/h3-4,7,18H,2,5-6H2,1H3,(H,14,16)(H,15,17). The van der Waals surface area contributed by atoms with Crippen LogP contribution in [0, 0.1) is 0 Å². The summed E-state index contributed by atoms with van der Waals surface area (Å²) in [6, 6.07) is 5.23. The fourth-order valence-electron chi connectivity index (χ4n) is 1.36. The molecule has 0 heterocycles. The summed E-state index contributed by atoms with van der Waals surface area (Å²) in [4.78, 5) is 23.8. The van der Waals surface area contributed by atoms with Gasteiger partial charge in [-0.2, -0.15) is 0 Å². The number of benzene rings is 1. The molecule has 0 saturated carbocycles. The molecule has 0 bridgehead atoms. The van der Waals surface area contributed by atoms with Crippen molar-refractivity contribution in [3.63, 3.8) is 0 Å². The molecule has 0 atom stereocenters. The molecule has 1 aromatic rings. The SMILES string of the molecule is CCNC(=O)CCNC(=O)c1cc(S)ccc1Br. The molecule has 1 aromatic carbocycles. The lowest BCUT2D eigenvalue weighted by atomic mass is 10.2. The Morgan fingerprint density at radius 2 is 2.06 bits per heavy atom. The van der Waals surface area contributed by atoms with Crippen LogP contribution in [-0.4, -0.2) is 24.9 Å². The second kappa shape index (κ2) is 7.43. The number of halogens is 1. The first kappa shape index (κ1) is 15.0. The van der Waals surface area contributed by atoms with Crippen LogP contribution >= 0.6 is 28.6 Å². The van der Waals surface area contributed by atoms with E-state index in [9.17, 15) is 9.59 Å². The molecule has 98 valence electrons. The lowest BCUT2D eigenvalue weighted by Gasteiger charge is -2.07. The van der Waals surface area contributed by atoms with Crippen molar-refractivity contribution in [2.45, 2.75) is 18.2 Å². The van der Waals surface area contributed by atoms with Crippen LogP contribution in [0.1, 0.15) is 23.7 Å². The third-order valence-electron chi connectivity index (χ3n) is 2.21. The summed E-state index contributed by atoms with van der Waals surface area (Å²) >= 11 is 7.49. The highest BCUT2D eigenvalue weighted by molar-refractivity contribution is 9.10. The molecule has 6 heteroatoms. The first-order valence-corrected chi connectivity index (χ1v) is 6.82. The number of carbonyl (C=O) groups excluding carboxylic acids is 2. The predicted octanol–water partition coefficient (Wildman–Crippen LogP) is 1.99. The van der Waals surface area contributed by atoms with Crippen LogP contribution in [0.5, 0.6) is 0 Å². The van der Waals surface area contributed by atoms with Crippen molar-refractivity contribution in [2.24, 2.45) is 0 Å². The average Bonchev–Trinajstić information content (AvgIpc) is 2.32. The lowest BCUT2D eigenvalue weighted by Crippen LogP contribution is -2.30. The number of carbonyl (C=O) groups is 2. The smallest absolute Gasteiger partial charge is 0.252 e. The molecule has 18 heavy (non-hydrogen) atoms. The van der Waals surface area contributed by atoms with E-state index in [1.54, 1.807) is 18.2 Å². The number of thiol groups is 1. The van der Waals surface area contributed by atoms with Crippen LogP contribution < -0.4 is 10.6 Å². The first-order chi connectivity index (χ1) is 8.54. The third kappa shape index (κ3) is 4.70. The molecular weight excluding hydrogens is 316 g/mol. The van der Waals surface area contributed by atoms with Crippen molar-refractivity contribution >= 4 is 40.4 Å². The van der Waals surface area contributed by atoms with Crippen molar-refractivity contribution in [1.29, 1.82) is 0 Å². The fraction of sp³-hybridized carbons (Fsp3) is 0.333. The highest BCUT2D eigenvalue weighted by Gasteiger charge is 2.10. The van der Waals surface area contributed by atoms with Crippen molar-refractivity contribution < 1.29 is 9.59 Å². The quantitative estimate of drug-likeness (QED) is 0.723. The van der Waals surface area contributed by atoms with Crippen molar-refractivity contribution in [2.75, 3.05) is 13.1 Å². The van der Waals surface area contributed by atoms with Gasteiger partial charge in [-0.05, 0) is 41.1 Å². The fourth-order valence-corrected chi connectivity index (χ4v) is 1.99. The van der Waals surface area contributed by atoms with E-state index >= 15 is 0 Å². The highest BCUT2D eigenvalue weighted by Crippen LogP contribution is 2.19. The molecule has 2 N–H and O–H groups in total. The number of nitrogens with one attached hydrogen (secondary N) is 2. The molecule has 0 aliphatic rings. The number of amides is 2. The summed E-state index contributed by atoms with van der Waals surface area (Å²) in [6.07, 6.45) is 0.276. The van der Waals surface area contributed by atoms with E-state index in [1.165, 1.54) is 0 Å². The Labute approximate surface area is 120 Å². The van der Waals surface area contributed by atoms with Crippen molar-refractivity contribution in [1.82, 2.24) is 10.6 Å². The summed E-state index contributed by atoms with van der Waals surface area (Å²) in [5, 5.41) is 5.36. The van der Waals surface area contributed by atoms with Crippen molar-refractivity contribution in [3.8, 4) is 0 Å². The van der Waals surface area contributed by atoms with Crippen LogP contribution in [0.2, 0.25) is 0 Å². The van der Waals surface area contributed by atoms with E-state index in [-0.39, 0.29) is 18.2 Å². The van der Waals surface area contributed by atoms with Gasteiger partial charge >= 0.3 is 0 Å². The second-order valence-electron chi connectivity index (χ2n) is 3.62. The number of hydrogen-bond acceptors (Lipinski definition) is 3. The summed E-state index contributed by atoms with van der Waals surface area (Å²) < 4.78 is 0.704. The summed E-state index contributed by atoms with van der Waals surface area (Å²) in [6.45, 7) is 2.76. The van der Waals surface area contributed by atoms with Crippen LogP contribution in [0.25, 0.3) is 0 Å². The third-order valence-corrected chi connectivity index (χ3v) is 3.18. The zero-order valence-corrected chi connectivity index (χ0v) is 12.5. The monoisotopic (exact) mass is 330 g/mol. The van der Waals surface area contributed by atoms with Gasteiger partial charge in [0.2, 0.25) is 5.91 Å². The maximum absolute atomic E-state index is 11.9. The number of rotatable bonds is 5. The minimum absolute atomic E-state index is 0.0696. The lowest BCUT2D eigenvalue weighted by molar-refractivity contribution is -0.120. The normalized spacial score (nSPS) is 9.94. The summed E-state index contributed by atoms with van der Waals surface area (Å²) in [5.41, 5.74) is 0.512. The molecule has 0 fully saturated rings. The first-order valence-electron chi connectivity index (χ1n) is 5.58. The van der Waals surface area contributed by atoms with E-state index in [0.717, 1.165) is 0 Å². The molecule has 0 aliphatic carbocycles. The van der Waals surface area contributed by atoms with Gasteiger partial charge in [-0.3, -0.25) is 9.59 Å². The molecule has 0 aliphatic heterocycles. The van der Waals surface area contributed by atoms with Crippen molar-refractivity contribution in [3.05, 3.63) is 28.2 Å². The Bertz CT molecular complexity index is 452. The molecule has 4 nitrogen and oxygen atoms in total. The minimum Gasteiger partial charge on any atom is -0.356 e. The highest BCUT2D eigenvalue weighted by atomic mass is 79.9. The average molecular weight is 331 g/mol. The van der Waals surface area contributed by atoms with Crippen LogP contribution in [-0.2, 0) is 4.79 Å². The Balaban J connectivity index is 2.50.